The number of hydrogen-bond acceptors (Lipinski definition) is 4. The number of sulfonamides is 1. The van der Waals surface area contributed by atoms with Crippen LogP contribution in [0.15, 0.2) is 71.8 Å². The molecular weight excluding hydrogens is 409 g/mol. The molecule has 6 nitrogen and oxygen atoms in total. The van der Waals surface area contributed by atoms with Crippen LogP contribution in [0.2, 0.25) is 10.0 Å². The Hall–Kier alpha value is -2.61. The number of carbonyl (C=O) groups excluding carboxylic acids is 1. The van der Waals surface area contributed by atoms with Crippen LogP contribution >= 0.6 is 23.2 Å². The van der Waals surface area contributed by atoms with Gasteiger partial charge in [-0.3, -0.25) is 9.52 Å². The van der Waals surface area contributed by atoms with E-state index in [9.17, 15) is 13.2 Å². The van der Waals surface area contributed by atoms with Crippen molar-refractivity contribution in [2.45, 2.75) is 4.90 Å². The molecule has 9 heteroatoms. The molecule has 0 fully saturated rings. The van der Waals surface area contributed by atoms with Crippen LogP contribution in [0.4, 0.5) is 11.5 Å². The molecule has 0 saturated heterocycles. The molecular formula is C18H13Cl2N3O3S. The number of hydrogen-bond donors (Lipinski definition) is 2. The fourth-order valence-corrected chi connectivity index (χ4v) is 3.85. The van der Waals surface area contributed by atoms with Crippen LogP contribution in [-0.2, 0) is 10.0 Å². The van der Waals surface area contributed by atoms with E-state index in [-0.39, 0.29) is 21.3 Å². The molecule has 138 valence electrons. The summed E-state index contributed by atoms with van der Waals surface area (Å²) in [6, 6.07) is 15.7. The molecule has 0 saturated carbocycles. The molecule has 3 rings (SSSR count). The summed E-state index contributed by atoms with van der Waals surface area (Å²) in [5, 5.41) is 3.04. The molecule has 2 N–H and O–H groups in total. The van der Waals surface area contributed by atoms with Crippen LogP contribution in [0, 0.1) is 0 Å². The highest BCUT2D eigenvalue weighted by Gasteiger charge is 2.21. The maximum atomic E-state index is 12.6. The van der Waals surface area contributed by atoms with Crippen molar-refractivity contribution in [1.82, 2.24) is 4.98 Å². The van der Waals surface area contributed by atoms with Crippen molar-refractivity contribution in [1.29, 1.82) is 0 Å². The molecule has 1 amide bonds. The summed E-state index contributed by atoms with van der Waals surface area (Å²) in [7, 11) is -4.05. The number of nitrogens with zero attached hydrogens (tertiary/aromatic N) is 1. The zero-order valence-electron chi connectivity index (χ0n) is 13.7. The van der Waals surface area contributed by atoms with E-state index >= 15 is 0 Å². The first-order valence-electron chi connectivity index (χ1n) is 7.65. The third-order valence-corrected chi connectivity index (χ3v) is 5.54. The van der Waals surface area contributed by atoms with Gasteiger partial charge in [-0.1, -0.05) is 41.4 Å². The third-order valence-electron chi connectivity index (χ3n) is 3.48. The van der Waals surface area contributed by atoms with Crippen LogP contribution in [0.25, 0.3) is 0 Å². The predicted octanol–water partition coefficient (Wildman–Crippen LogP) is 4.44. The van der Waals surface area contributed by atoms with Crippen molar-refractivity contribution < 1.29 is 13.2 Å². The Bertz CT molecular complexity index is 1070. The van der Waals surface area contributed by atoms with Gasteiger partial charge in [0.15, 0.2) is 0 Å². The Morgan fingerprint density at radius 3 is 2.37 bits per heavy atom. The number of amides is 1. The van der Waals surface area contributed by atoms with Crippen LogP contribution in [-0.4, -0.2) is 19.3 Å². The molecule has 0 unspecified atom stereocenters. The Morgan fingerprint density at radius 2 is 1.70 bits per heavy atom. The first-order valence-corrected chi connectivity index (χ1v) is 9.89. The van der Waals surface area contributed by atoms with Crippen molar-refractivity contribution in [3.63, 3.8) is 0 Å². The molecule has 0 radical (unpaired) electrons. The molecule has 0 aliphatic carbocycles. The van der Waals surface area contributed by atoms with E-state index in [4.69, 9.17) is 23.2 Å². The van der Waals surface area contributed by atoms with Crippen LogP contribution < -0.4 is 10.0 Å². The quantitative estimate of drug-likeness (QED) is 0.636. The summed E-state index contributed by atoms with van der Waals surface area (Å²) >= 11 is 11.8. The fourth-order valence-electron chi connectivity index (χ4n) is 2.20. The Kier molecular flexibility index (Phi) is 5.65. The minimum Gasteiger partial charge on any atom is -0.322 e. The highest BCUT2D eigenvalue weighted by molar-refractivity contribution is 7.92. The topological polar surface area (TPSA) is 88.2 Å². The van der Waals surface area contributed by atoms with Gasteiger partial charge in [-0.25, -0.2) is 13.4 Å². The molecule has 0 atom stereocenters. The molecule has 0 spiro atoms. The van der Waals surface area contributed by atoms with Gasteiger partial charge in [0.25, 0.3) is 15.9 Å². The third kappa shape index (κ3) is 4.77. The van der Waals surface area contributed by atoms with Gasteiger partial charge in [-0.05, 0) is 42.5 Å². The van der Waals surface area contributed by atoms with Crippen molar-refractivity contribution in [3.05, 3.63) is 82.5 Å². The Labute approximate surface area is 166 Å². The van der Waals surface area contributed by atoms with Gasteiger partial charge in [0, 0.05) is 17.4 Å². The minimum absolute atomic E-state index is 0.0206. The van der Waals surface area contributed by atoms with Crippen molar-refractivity contribution in [2.24, 2.45) is 0 Å². The molecule has 3 aromatic rings. The number of pyridine rings is 1. The van der Waals surface area contributed by atoms with Crippen molar-refractivity contribution in [2.75, 3.05) is 10.0 Å². The lowest BCUT2D eigenvalue weighted by Gasteiger charge is -2.11. The lowest BCUT2D eigenvalue weighted by atomic mass is 10.2. The van der Waals surface area contributed by atoms with E-state index in [1.54, 1.807) is 24.3 Å². The van der Waals surface area contributed by atoms with E-state index in [2.05, 4.69) is 15.0 Å². The zero-order chi connectivity index (χ0) is 19.4. The lowest BCUT2D eigenvalue weighted by molar-refractivity contribution is 0.102. The van der Waals surface area contributed by atoms with Crippen LogP contribution in [0.3, 0.4) is 0 Å². The number of carbonyl (C=O) groups is 1. The van der Waals surface area contributed by atoms with E-state index in [1.807, 2.05) is 6.07 Å². The molecule has 0 aliphatic rings. The molecule has 27 heavy (non-hydrogen) atoms. The van der Waals surface area contributed by atoms with E-state index in [0.29, 0.717) is 10.7 Å². The molecule has 0 bridgehead atoms. The summed E-state index contributed by atoms with van der Waals surface area (Å²) in [6.45, 7) is 0. The number of halogens is 2. The SMILES string of the molecule is O=C(Nc1ccccc1)c1ccc(Cl)c(S(=O)(=O)Nc2ccc(Cl)cn2)c1. The molecule has 2 aromatic carbocycles. The largest absolute Gasteiger partial charge is 0.322 e. The second-order valence-electron chi connectivity index (χ2n) is 5.43. The second kappa shape index (κ2) is 7.96. The van der Waals surface area contributed by atoms with Gasteiger partial charge >= 0.3 is 0 Å². The van der Waals surface area contributed by atoms with Crippen LogP contribution in [0.5, 0.6) is 0 Å². The van der Waals surface area contributed by atoms with E-state index in [1.165, 1.54) is 36.5 Å². The van der Waals surface area contributed by atoms with Gasteiger partial charge in [0.2, 0.25) is 0 Å². The van der Waals surface area contributed by atoms with Gasteiger partial charge < -0.3 is 5.32 Å². The molecule has 1 aromatic heterocycles. The number of rotatable bonds is 5. The molecule has 0 aliphatic heterocycles. The zero-order valence-corrected chi connectivity index (χ0v) is 16.0. The van der Waals surface area contributed by atoms with E-state index in [0.717, 1.165) is 0 Å². The van der Waals surface area contributed by atoms with Crippen LogP contribution in [0.1, 0.15) is 10.4 Å². The number of para-hydroxylation sites is 1. The number of benzene rings is 2. The molecule has 1 heterocycles. The second-order valence-corrected chi connectivity index (χ2v) is 7.93. The summed E-state index contributed by atoms with van der Waals surface area (Å²) in [6.07, 6.45) is 1.31. The fraction of sp³-hybridized carbons (Fsp3) is 0. The predicted molar refractivity (Wildman–Crippen MR) is 106 cm³/mol. The highest BCUT2D eigenvalue weighted by atomic mass is 35.5. The van der Waals surface area contributed by atoms with Crippen molar-refractivity contribution >= 4 is 50.6 Å². The van der Waals surface area contributed by atoms with Gasteiger partial charge in [0.1, 0.15) is 10.7 Å². The lowest BCUT2D eigenvalue weighted by Crippen LogP contribution is -2.17. The number of aromatic nitrogens is 1. The first kappa shape index (κ1) is 19.2. The number of nitrogens with one attached hydrogen (secondary N) is 2. The number of anilines is 2. The average molecular weight is 422 g/mol. The average Bonchev–Trinajstić information content (AvgIpc) is 2.64. The Balaban J connectivity index is 1.88. The maximum Gasteiger partial charge on any atom is 0.264 e. The summed E-state index contributed by atoms with van der Waals surface area (Å²) < 4.78 is 27.6. The van der Waals surface area contributed by atoms with Crippen molar-refractivity contribution in [3.8, 4) is 0 Å². The van der Waals surface area contributed by atoms with Gasteiger partial charge in [0.05, 0.1) is 10.0 Å². The normalized spacial score (nSPS) is 11.0. The Morgan fingerprint density at radius 1 is 0.963 bits per heavy atom. The highest BCUT2D eigenvalue weighted by Crippen LogP contribution is 2.25. The monoisotopic (exact) mass is 421 g/mol. The van der Waals surface area contributed by atoms with Gasteiger partial charge in [-0.2, -0.15) is 0 Å². The smallest absolute Gasteiger partial charge is 0.264 e. The summed E-state index contributed by atoms with van der Waals surface area (Å²) in [5.41, 5.74) is 0.734. The standard InChI is InChI=1S/C18H13Cl2N3O3S/c19-13-7-9-17(21-11-13)23-27(25,26)16-10-12(6-8-15(16)20)18(24)22-14-4-2-1-3-5-14/h1-11H,(H,21,23)(H,22,24). The minimum atomic E-state index is -4.05. The maximum absolute atomic E-state index is 12.6. The van der Waals surface area contributed by atoms with E-state index < -0.39 is 15.9 Å². The summed E-state index contributed by atoms with van der Waals surface area (Å²) in [4.78, 5) is 16.1. The van der Waals surface area contributed by atoms with Gasteiger partial charge in [-0.15, -0.1) is 0 Å². The first-order chi connectivity index (χ1) is 12.8. The summed E-state index contributed by atoms with van der Waals surface area (Å²) in [5.74, 6) is -0.381.